The summed E-state index contributed by atoms with van der Waals surface area (Å²) in [5.41, 5.74) is 2.35. The summed E-state index contributed by atoms with van der Waals surface area (Å²) in [5.74, 6) is 1.46. The third-order valence-electron chi connectivity index (χ3n) is 2.70. The summed E-state index contributed by atoms with van der Waals surface area (Å²) in [7, 11) is 1.68. The highest BCUT2D eigenvalue weighted by molar-refractivity contribution is 6.19. The van der Waals surface area contributed by atoms with E-state index in [0.29, 0.717) is 5.88 Å². The molecule has 17 heavy (non-hydrogen) atoms. The minimum atomic E-state index is 0.570. The van der Waals surface area contributed by atoms with E-state index in [9.17, 15) is 0 Å². The molecule has 2 heteroatoms. The quantitative estimate of drug-likeness (QED) is 0.725. The van der Waals surface area contributed by atoms with Crippen LogP contribution in [-0.2, 0) is 0 Å². The molecule has 2 rings (SSSR count). The molecular formula is C15H15ClO. The van der Waals surface area contributed by atoms with E-state index in [-0.39, 0.29) is 0 Å². The first-order valence-electron chi connectivity index (χ1n) is 5.54. The van der Waals surface area contributed by atoms with Gasteiger partial charge >= 0.3 is 0 Å². The van der Waals surface area contributed by atoms with E-state index in [0.717, 1.165) is 5.75 Å². The highest BCUT2D eigenvalue weighted by Crippen LogP contribution is 2.22. The smallest absolute Gasteiger partial charge is 0.119 e. The number of alkyl halides is 1. The van der Waals surface area contributed by atoms with E-state index in [1.165, 1.54) is 21.9 Å². The molecule has 0 saturated carbocycles. The maximum absolute atomic E-state index is 5.77. The van der Waals surface area contributed by atoms with Crippen molar-refractivity contribution < 1.29 is 4.74 Å². The standard InChI is InChI=1S/C15H15ClO/c1-11(10-16)7-12-3-4-14-9-15(17-2)6-5-13(14)8-12/h3-9H,10H2,1-2H3. The number of allylic oxidation sites excluding steroid dienone is 1. The molecule has 0 unspecified atom stereocenters. The Labute approximate surface area is 107 Å². The van der Waals surface area contributed by atoms with Crippen LogP contribution in [0.2, 0.25) is 0 Å². The first-order chi connectivity index (χ1) is 8.22. The Morgan fingerprint density at radius 3 is 2.59 bits per heavy atom. The van der Waals surface area contributed by atoms with Gasteiger partial charge < -0.3 is 4.74 Å². The van der Waals surface area contributed by atoms with Gasteiger partial charge in [0.25, 0.3) is 0 Å². The molecule has 0 N–H and O–H groups in total. The molecule has 0 fully saturated rings. The molecule has 0 aliphatic rings. The van der Waals surface area contributed by atoms with E-state index in [2.05, 4.69) is 30.3 Å². The monoisotopic (exact) mass is 246 g/mol. The maximum Gasteiger partial charge on any atom is 0.119 e. The Balaban J connectivity index is 2.45. The molecule has 0 atom stereocenters. The van der Waals surface area contributed by atoms with Crippen LogP contribution in [0.4, 0.5) is 0 Å². The second-order valence-corrected chi connectivity index (χ2v) is 4.36. The van der Waals surface area contributed by atoms with Crippen molar-refractivity contribution in [2.45, 2.75) is 6.92 Å². The molecule has 0 aromatic heterocycles. The van der Waals surface area contributed by atoms with Gasteiger partial charge in [-0.25, -0.2) is 0 Å². The maximum atomic E-state index is 5.77. The molecule has 88 valence electrons. The molecule has 0 radical (unpaired) electrons. The first-order valence-corrected chi connectivity index (χ1v) is 6.07. The van der Waals surface area contributed by atoms with Gasteiger partial charge in [0.1, 0.15) is 5.75 Å². The van der Waals surface area contributed by atoms with Gasteiger partial charge in [-0.05, 0) is 41.5 Å². The summed E-state index contributed by atoms with van der Waals surface area (Å²) < 4.78 is 5.21. The lowest BCUT2D eigenvalue weighted by molar-refractivity contribution is 0.415. The van der Waals surface area contributed by atoms with E-state index in [1.54, 1.807) is 7.11 Å². The third kappa shape index (κ3) is 2.80. The van der Waals surface area contributed by atoms with Crippen molar-refractivity contribution in [2.24, 2.45) is 0 Å². The van der Waals surface area contributed by atoms with Gasteiger partial charge in [-0.3, -0.25) is 0 Å². The Morgan fingerprint density at radius 2 is 1.88 bits per heavy atom. The van der Waals surface area contributed by atoms with Crippen molar-refractivity contribution in [1.82, 2.24) is 0 Å². The summed E-state index contributed by atoms with van der Waals surface area (Å²) in [6.45, 7) is 2.03. The van der Waals surface area contributed by atoms with E-state index in [1.807, 2.05) is 19.1 Å². The van der Waals surface area contributed by atoms with Crippen LogP contribution in [0.3, 0.4) is 0 Å². The van der Waals surface area contributed by atoms with Crippen molar-refractivity contribution in [1.29, 1.82) is 0 Å². The van der Waals surface area contributed by atoms with Gasteiger partial charge in [-0.2, -0.15) is 0 Å². The Bertz CT molecular complexity index is 558. The first kappa shape index (κ1) is 12.0. The molecule has 0 saturated heterocycles. The molecule has 0 heterocycles. The third-order valence-corrected chi connectivity index (χ3v) is 3.12. The predicted octanol–water partition coefficient (Wildman–Crippen LogP) is 4.49. The van der Waals surface area contributed by atoms with Crippen LogP contribution >= 0.6 is 11.6 Å². The number of rotatable bonds is 3. The van der Waals surface area contributed by atoms with Crippen LogP contribution in [0.1, 0.15) is 12.5 Å². The summed E-state index contributed by atoms with van der Waals surface area (Å²) in [5, 5.41) is 2.40. The van der Waals surface area contributed by atoms with E-state index in [4.69, 9.17) is 16.3 Å². The van der Waals surface area contributed by atoms with Crippen LogP contribution in [0.15, 0.2) is 42.0 Å². The topological polar surface area (TPSA) is 9.23 Å². The number of hydrogen-bond donors (Lipinski definition) is 0. The van der Waals surface area contributed by atoms with Gasteiger partial charge in [-0.1, -0.05) is 29.8 Å². The Hall–Kier alpha value is -1.47. The number of benzene rings is 2. The Kier molecular flexibility index (Phi) is 3.70. The fraction of sp³-hybridized carbons (Fsp3) is 0.200. The average Bonchev–Trinajstić information content (AvgIpc) is 2.38. The molecule has 1 nitrogen and oxygen atoms in total. The van der Waals surface area contributed by atoms with Crippen LogP contribution in [0.5, 0.6) is 5.75 Å². The molecule has 0 spiro atoms. The fourth-order valence-electron chi connectivity index (χ4n) is 1.78. The number of fused-ring (bicyclic) bond motifs is 1. The van der Waals surface area contributed by atoms with Crippen LogP contribution in [0.25, 0.3) is 16.8 Å². The van der Waals surface area contributed by atoms with Crippen molar-refractivity contribution in [2.75, 3.05) is 13.0 Å². The van der Waals surface area contributed by atoms with E-state index >= 15 is 0 Å². The molecule has 2 aromatic rings. The highest BCUT2D eigenvalue weighted by Gasteiger charge is 1.97. The number of methoxy groups -OCH3 is 1. The number of hydrogen-bond acceptors (Lipinski definition) is 1. The number of halogens is 1. The average molecular weight is 247 g/mol. The fourth-order valence-corrected chi connectivity index (χ4v) is 1.86. The summed E-state index contributed by atoms with van der Waals surface area (Å²) in [6.07, 6.45) is 2.11. The Morgan fingerprint density at radius 1 is 1.18 bits per heavy atom. The van der Waals surface area contributed by atoms with E-state index < -0.39 is 0 Å². The zero-order valence-corrected chi connectivity index (χ0v) is 10.8. The van der Waals surface area contributed by atoms with Crippen molar-refractivity contribution >= 4 is 28.4 Å². The summed E-state index contributed by atoms with van der Waals surface area (Å²) >= 11 is 5.77. The molecular weight excluding hydrogens is 232 g/mol. The summed E-state index contributed by atoms with van der Waals surface area (Å²) in [4.78, 5) is 0. The minimum Gasteiger partial charge on any atom is -0.497 e. The van der Waals surface area contributed by atoms with Gasteiger partial charge in [0, 0.05) is 5.88 Å². The lowest BCUT2D eigenvalue weighted by atomic mass is 10.1. The lowest BCUT2D eigenvalue weighted by Gasteiger charge is -2.04. The van der Waals surface area contributed by atoms with Crippen molar-refractivity contribution in [3.05, 3.63) is 47.5 Å². The van der Waals surface area contributed by atoms with Gasteiger partial charge in [0.05, 0.1) is 7.11 Å². The van der Waals surface area contributed by atoms with Crippen LogP contribution < -0.4 is 4.74 Å². The van der Waals surface area contributed by atoms with Crippen LogP contribution in [0, 0.1) is 0 Å². The lowest BCUT2D eigenvalue weighted by Crippen LogP contribution is -1.83. The minimum absolute atomic E-state index is 0.570. The highest BCUT2D eigenvalue weighted by atomic mass is 35.5. The SMILES string of the molecule is COc1ccc2cc(C=C(C)CCl)ccc2c1. The number of ether oxygens (including phenoxy) is 1. The zero-order valence-electron chi connectivity index (χ0n) is 10.0. The molecule has 0 aliphatic carbocycles. The van der Waals surface area contributed by atoms with Crippen molar-refractivity contribution in [3.63, 3.8) is 0 Å². The van der Waals surface area contributed by atoms with Gasteiger partial charge in [-0.15, -0.1) is 11.6 Å². The van der Waals surface area contributed by atoms with Gasteiger partial charge in [0.15, 0.2) is 0 Å². The zero-order chi connectivity index (χ0) is 12.3. The molecule has 0 aliphatic heterocycles. The second-order valence-electron chi connectivity index (χ2n) is 4.10. The molecule has 0 bridgehead atoms. The largest absolute Gasteiger partial charge is 0.497 e. The van der Waals surface area contributed by atoms with Crippen molar-refractivity contribution in [3.8, 4) is 5.75 Å². The normalized spacial score (nSPS) is 11.8. The molecule has 2 aromatic carbocycles. The van der Waals surface area contributed by atoms with Gasteiger partial charge in [0.2, 0.25) is 0 Å². The summed E-state index contributed by atoms with van der Waals surface area (Å²) in [6, 6.07) is 12.4. The predicted molar refractivity (Wildman–Crippen MR) is 74.9 cm³/mol. The second kappa shape index (κ2) is 5.24. The molecule has 0 amide bonds. The van der Waals surface area contributed by atoms with Crippen LogP contribution in [-0.4, -0.2) is 13.0 Å².